The van der Waals surface area contributed by atoms with E-state index < -0.39 is 60.2 Å². The van der Waals surface area contributed by atoms with Crippen LogP contribution in [0.25, 0.3) is 11.2 Å². The zero-order valence-corrected chi connectivity index (χ0v) is 19.1. The van der Waals surface area contributed by atoms with E-state index in [4.69, 9.17) is 10.5 Å². The molecule has 1 fully saturated rings. The molecular formula is C10H12CuN5O14P3-4. The molecular weight excluding hydrogens is 571 g/mol. The molecule has 2 unspecified atom stereocenters. The fourth-order valence-corrected chi connectivity index (χ4v) is 5.54. The molecule has 0 saturated carbocycles. The zero-order chi connectivity index (χ0) is 24.1. The molecule has 19 nitrogen and oxygen atoms in total. The maximum Gasteiger partial charge on any atom is 0.280 e. The Morgan fingerprint density at radius 2 is 1.79 bits per heavy atom. The number of nitrogens with zero attached hydrogens (tertiary/aromatic N) is 3. The van der Waals surface area contributed by atoms with Crippen molar-refractivity contribution >= 4 is 40.6 Å². The number of phosphoric ester groups is 1. The average Bonchev–Trinajstić information content (AvgIpc) is 3.12. The topological polar surface area (TPSA) is 310 Å². The van der Waals surface area contributed by atoms with Gasteiger partial charge in [-0.3, -0.25) is 27.8 Å². The van der Waals surface area contributed by atoms with Crippen molar-refractivity contribution in [3.05, 3.63) is 16.7 Å². The van der Waals surface area contributed by atoms with Crippen LogP contribution >= 0.6 is 23.5 Å². The molecule has 0 spiro atoms. The molecule has 0 aliphatic carbocycles. The number of aliphatic hydroxyl groups excluding tert-OH is 2. The number of rotatable bonds is 8. The van der Waals surface area contributed by atoms with Gasteiger partial charge in [0.25, 0.3) is 21.2 Å². The molecule has 2 aromatic heterocycles. The maximum atomic E-state index is 11.8. The molecule has 33 heavy (non-hydrogen) atoms. The molecule has 1 radical (unpaired) electrons. The first kappa shape index (κ1) is 28.2. The Balaban J connectivity index is 0.00000385. The number of imidazole rings is 1. The number of phosphoric acid groups is 3. The number of anilines is 1. The van der Waals surface area contributed by atoms with Crippen molar-refractivity contribution in [3.63, 3.8) is 0 Å². The SMILES string of the molecule is Nc1nc2c(ncn2[C@@H]2O[C@H](COP(=O)([O-])OP(=O)([O-])OP(=O)([O-])[O-])[C@@H](O)[C@H]2O)c(=O)[nH]1.[Cu]. The van der Waals surface area contributed by atoms with Crippen molar-refractivity contribution < 1.29 is 78.4 Å². The third kappa shape index (κ3) is 6.76. The Labute approximate surface area is 192 Å². The van der Waals surface area contributed by atoms with Gasteiger partial charge in [-0.15, -0.1) is 0 Å². The van der Waals surface area contributed by atoms with Gasteiger partial charge in [0.05, 0.1) is 20.8 Å². The van der Waals surface area contributed by atoms with Gasteiger partial charge in [-0.25, -0.2) is 9.29 Å². The minimum Gasteiger partial charge on any atom is -0.790 e. The van der Waals surface area contributed by atoms with Gasteiger partial charge in [-0.05, 0) is 0 Å². The van der Waals surface area contributed by atoms with Gasteiger partial charge in [0, 0.05) is 17.1 Å². The van der Waals surface area contributed by atoms with E-state index in [9.17, 15) is 48.3 Å². The molecule has 3 rings (SSSR count). The summed E-state index contributed by atoms with van der Waals surface area (Å²) in [7, 11) is -18.2. The first-order valence-corrected chi connectivity index (χ1v) is 12.4. The van der Waals surface area contributed by atoms with E-state index in [0.29, 0.717) is 0 Å². The summed E-state index contributed by atoms with van der Waals surface area (Å²) in [5.41, 5.74) is 4.40. The summed E-state index contributed by atoms with van der Waals surface area (Å²) < 4.78 is 50.0. The number of hydrogen-bond acceptors (Lipinski definition) is 17. The Kier molecular flexibility index (Phi) is 8.47. The summed E-state index contributed by atoms with van der Waals surface area (Å²) in [6, 6.07) is 0. The number of hydrogen-bond donors (Lipinski definition) is 4. The van der Waals surface area contributed by atoms with Crippen molar-refractivity contribution in [2.75, 3.05) is 12.3 Å². The van der Waals surface area contributed by atoms with Gasteiger partial charge in [0.1, 0.15) is 18.3 Å². The molecule has 191 valence electrons. The number of H-pyrrole nitrogens is 1. The van der Waals surface area contributed by atoms with Crippen LogP contribution in [0.15, 0.2) is 11.1 Å². The van der Waals surface area contributed by atoms with Crippen molar-refractivity contribution in [1.29, 1.82) is 0 Å². The smallest absolute Gasteiger partial charge is 0.280 e. The Morgan fingerprint density at radius 1 is 1.15 bits per heavy atom. The predicted octanol–water partition coefficient (Wildman–Crippen LogP) is -4.87. The molecule has 1 aliphatic rings. The average molecular weight is 583 g/mol. The molecule has 23 heteroatoms. The van der Waals surface area contributed by atoms with E-state index >= 15 is 0 Å². The second-order valence-corrected chi connectivity index (χ2v) is 10.4. The number of nitrogens with two attached hydrogens (primary N) is 1. The monoisotopic (exact) mass is 582 g/mol. The Hall–Kier alpha value is -1.04. The minimum atomic E-state index is -6.17. The van der Waals surface area contributed by atoms with Gasteiger partial charge < -0.3 is 49.3 Å². The Morgan fingerprint density at radius 3 is 2.39 bits per heavy atom. The fraction of sp³-hybridized carbons (Fsp3) is 0.500. The number of aromatic amines is 1. The first-order valence-electron chi connectivity index (χ1n) is 8.04. The van der Waals surface area contributed by atoms with Crippen molar-refractivity contribution in [1.82, 2.24) is 19.5 Å². The molecule has 3 heterocycles. The Bertz CT molecular complexity index is 1210. The van der Waals surface area contributed by atoms with Gasteiger partial charge in [-0.2, -0.15) is 4.98 Å². The number of aromatic nitrogens is 4. The second kappa shape index (κ2) is 9.91. The summed E-state index contributed by atoms with van der Waals surface area (Å²) in [4.78, 5) is 65.0. The number of nitrogens with one attached hydrogen (secondary N) is 1. The fourth-order valence-electron chi connectivity index (χ4n) is 2.67. The molecule has 2 aromatic rings. The number of ether oxygens (including phenoxy) is 1. The first-order chi connectivity index (χ1) is 14.6. The molecule has 1 saturated heterocycles. The molecule has 0 aromatic carbocycles. The van der Waals surface area contributed by atoms with E-state index in [1.165, 1.54) is 0 Å². The minimum absolute atomic E-state index is 0. The zero-order valence-electron chi connectivity index (χ0n) is 15.4. The van der Waals surface area contributed by atoms with Gasteiger partial charge in [0.2, 0.25) is 5.95 Å². The summed E-state index contributed by atoms with van der Waals surface area (Å²) in [6.45, 7) is -1.13. The van der Waals surface area contributed by atoms with E-state index in [0.717, 1.165) is 10.9 Å². The molecule has 5 N–H and O–H groups in total. The van der Waals surface area contributed by atoms with E-state index in [-0.39, 0.29) is 34.2 Å². The van der Waals surface area contributed by atoms with Crippen LogP contribution in [0, 0.1) is 0 Å². The molecule has 0 bridgehead atoms. The molecule has 1 aliphatic heterocycles. The summed E-state index contributed by atoms with van der Waals surface area (Å²) >= 11 is 0. The van der Waals surface area contributed by atoms with Crippen LogP contribution in [0.4, 0.5) is 5.95 Å². The van der Waals surface area contributed by atoms with Crippen LogP contribution in [-0.4, -0.2) is 54.7 Å². The summed E-state index contributed by atoms with van der Waals surface area (Å²) in [5, 5.41) is 20.3. The largest absolute Gasteiger partial charge is 0.790 e. The van der Waals surface area contributed by atoms with Crippen LogP contribution in [0.2, 0.25) is 0 Å². The standard InChI is InChI=1S/C10H16N5O14P3.Cu/c11-10-13-7-4(8(18)14-10)12-2-15(7)9-6(17)5(16)3(27-9)1-26-31(22,23)29-32(24,25)28-30(19,20)21;/h2-3,5-6,9,16-17H,1H2,(H,22,23)(H,24,25)(H2,19,20,21)(H3,11,13,14,18);/p-4/t3-,5-,6-,9-;/m1./s1. The van der Waals surface area contributed by atoms with Gasteiger partial charge in [-0.1, -0.05) is 0 Å². The summed E-state index contributed by atoms with van der Waals surface area (Å²) in [6.07, 6.45) is -5.61. The normalized spacial score (nSPS) is 27.1. The van der Waals surface area contributed by atoms with E-state index in [2.05, 4.69) is 28.1 Å². The van der Waals surface area contributed by atoms with Crippen molar-refractivity contribution in [2.45, 2.75) is 24.5 Å². The quantitative estimate of drug-likeness (QED) is 0.167. The van der Waals surface area contributed by atoms with Crippen LogP contribution in [0.3, 0.4) is 0 Å². The van der Waals surface area contributed by atoms with Crippen LogP contribution < -0.4 is 30.9 Å². The van der Waals surface area contributed by atoms with Gasteiger partial charge in [0.15, 0.2) is 17.4 Å². The number of fused-ring (bicyclic) bond motifs is 1. The molecule has 0 amide bonds. The van der Waals surface area contributed by atoms with Crippen molar-refractivity contribution in [2.24, 2.45) is 0 Å². The van der Waals surface area contributed by atoms with Crippen LogP contribution in [-0.2, 0) is 48.6 Å². The third-order valence-corrected chi connectivity index (χ3v) is 7.52. The van der Waals surface area contributed by atoms with E-state index in [1.54, 1.807) is 0 Å². The number of nitrogen functional groups attached to an aromatic ring is 1. The summed E-state index contributed by atoms with van der Waals surface area (Å²) in [5.74, 6) is -0.299. The van der Waals surface area contributed by atoms with Gasteiger partial charge >= 0.3 is 0 Å². The second-order valence-electron chi connectivity index (χ2n) is 6.12. The third-order valence-electron chi connectivity index (χ3n) is 3.86. The van der Waals surface area contributed by atoms with E-state index in [1.807, 2.05) is 0 Å². The molecule has 6 atom stereocenters. The van der Waals surface area contributed by atoms with Crippen molar-refractivity contribution in [3.8, 4) is 0 Å². The predicted molar refractivity (Wildman–Crippen MR) is 89.4 cm³/mol. The maximum absolute atomic E-state index is 11.8. The van der Waals surface area contributed by atoms with Crippen LogP contribution in [0.5, 0.6) is 0 Å². The van der Waals surface area contributed by atoms with Crippen LogP contribution in [0.1, 0.15) is 6.23 Å². The number of aliphatic hydroxyl groups is 2.